The quantitative estimate of drug-likeness (QED) is 0.765. The van der Waals surface area contributed by atoms with Crippen molar-refractivity contribution in [1.82, 2.24) is 4.98 Å². The van der Waals surface area contributed by atoms with Gasteiger partial charge in [0, 0.05) is 18.8 Å². The monoisotopic (exact) mass is 205 g/mol. The Balaban J connectivity index is 2.17. The van der Waals surface area contributed by atoms with Gasteiger partial charge in [-0.1, -0.05) is 6.92 Å². The van der Waals surface area contributed by atoms with Crippen LogP contribution in [0, 0.1) is 5.92 Å². The number of hydrogen-bond acceptors (Lipinski definition) is 3. The van der Waals surface area contributed by atoms with E-state index in [1.807, 2.05) is 12.3 Å². The van der Waals surface area contributed by atoms with Crippen LogP contribution in [0.5, 0.6) is 0 Å². The molecule has 0 bridgehead atoms. The van der Waals surface area contributed by atoms with Crippen LogP contribution in [-0.4, -0.2) is 17.6 Å². The van der Waals surface area contributed by atoms with Crippen molar-refractivity contribution in [3.8, 4) is 0 Å². The summed E-state index contributed by atoms with van der Waals surface area (Å²) < 4.78 is 0. The van der Waals surface area contributed by atoms with Gasteiger partial charge in [-0.2, -0.15) is 0 Å². The maximum absolute atomic E-state index is 5.75. The van der Waals surface area contributed by atoms with Crippen molar-refractivity contribution < 1.29 is 0 Å². The summed E-state index contributed by atoms with van der Waals surface area (Å²) in [5, 5.41) is 0. The van der Waals surface area contributed by atoms with E-state index in [0.29, 0.717) is 6.04 Å². The predicted octanol–water partition coefficient (Wildman–Crippen LogP) is 2.29. The lowest BCUT2D eigenvalue weighted by Gasteiger charge is -2.38. The Morgan fingerprint density at radius 2 is 2.20 bits per heavy atom. The second-order valence-corrected chi connectivity index (χ2v) is 4.65. The van der Waals surface area contributed by atoms with E-state index in [9.17, 15) is 0 Å². The third-order valence-corrected chi connectivity index (χ3v) is 3.21. The van der Waals surface area contributed by atoms with Crippen LogP contribution in [0.25, 0.3) is 0 Å². The summed E-state index contributed by atoms with van der Waals surface area (Å²) in [6.07, 6.45) is 6.12. The van der Waals surface area contributed by atoms with Crippen molar-refractivity contribution in [3.05, 3.63) is 18.5 Å². The lowest BCUT2D eigenvalue weighted by atomic mass is 9.93. The zero-order valence-corrected chi connectivity index (χ0v) is 9.48. The highest BCUT2D eigenvalue weighted by atomic mass is 15.2. The van der Waals surface area contributed by atoms with Crippen LogP contribution in [0.1, 0.15) is 26.7 Å². The molecule has 2 rings (SSSR count). The number of rotatable bonds is 1. The van der Waals surface area contributed by atoms with Crippen LogP contribution in [-0.2, 0) is 0 Å². The Kier molecular flexibility index (Phi) is 2.80. The molecule has 0 saturated carbocycles. The molecule has 1 aromatic rings. The van der Waals surface area contributed by atoms with E-state index in [0.717, 1.165) is 23.8 Å². The van der Waals surface area contributed by atoms with E-state index in [1.165, 1.54) is 12.8 Å². The molecule has 2 heterocycles. The fourth-order valence-electron chi connectivity index (χ4n) is 2.39. The fourth-order valence-corrected chi connectivity index (χ4v) is 2.39. The van der Waals surface area contributed by atoms with Crippen molar-refractivity contribution in [1.29, 1.82) is 0 Å². The first-order valence-corrected chi connectivity index (χ1v) is 5.64. The summed E-state index contributed by atoms with van der Waals surface area (Å²) >= 11 is 0. The minimum absolute atomic E-state index is 0.595. The van der Waals surface area contributed by atoms with Crippen molar-refractivity contribution in [2.45, 2.75) is 32.7 Å². The van der Waals surface area contributed by atoms with E-state index in [2.05, 4.69) is 23.7 Å². The van der Waals surface area contributed by atoms with E-state index >= 15 is 0 Å². The number of anilines is 2. The summed E-state index contributed by atoms with van der Waals surface area (Å²) in [6, 6.07) is 2.61. The molecule has 82 valence electrons. The fraction of sp³-hybridized carbons (Fsp3) is 0.583. The number of pyridine rings is 1. The molecule has 2 unspecified atom stereocenters. The third-order valence-electron chi connectivity index (χ3n) is 3.21. The van der Waals surface area contributed by atoms with E-state index in [-0.39, 0.29) is 0 Å². The van der Waals surface area contributed by atoms with Crippen molar-refractivity contribution in [3.63, 3.8) is 0 Å². The molecule has 0 aromatic carbocycles. The van der Waals surface area contributed by atoms with Gasteiger partial charge < -0.3 is 10.6 Å². The molecule has 2 atom stereocenters. The van der Waals surface area contributed by atoms with Gasteiger partial charge in [-0.25, -0.2) is 0 Å². The normalized spacial score (nSPS) is 26.7. The average molecular weight is 205 g/mol. The summed E-state index contributed by atoms with van der Waals surface area (Å²) in [6.45, 7) is 5.72. The maximum Gasteiger partial charge on any atom is 0.0575 e. The molecule has 1 aromatic heterocycles. The van der Waals surface area contributed by atoms with Crippen LogP contribution >= 0.6 is 0 Å². The molecule has 2 N–H and O–H groups in total. The molecule has 3 nitrogen and oxygen atoms in total. The molecular weight excluding hydrogens is 186 g/mol. The molecule has 1 saturated heterocycles. The van der Waals surface area contributed by atoms with Gasteiger partial charge in [-0.05, 0) is 31.7 Å². The first-order valence-electron chi connectivity index (χ1n) is 5.64. The van der Waals surface area contributed by atoms with Gasteiger partial charge in [0.25, 0.3) is 0 Å². The van der Waals surface area contributed by atoms with Gasteiger partial charge in [0.2, 0.25) is 0 Å². The molecular formula is C12H19N3. The van der Waals surface area contributed by atoms with Crippen molar-refractivity contribution in [2.75, 3.05) is 17.2 Å². The van der Waals surface area contributed by atoms with E-state index < -0.39 is 0 Å². The van der Waals surface area contributed by atoms with E-state index in [4.69, 9.17) is 5.73 Å². The van der Waals surface area contributed by atoms with Crippen LogP contribution in [0.2, 0.25) is 0 Å². The van der Waals surface area contributed by atoms with Gasteiger partial charge in [0.15, 0.2) is 0 Å². The molecule has 1 aliphatic rings. The van der Waals surface area contributed by atoms with Crippen molar-refractivity contribution in [2.24, 2.45) is 5.92 Å². The number of piperidine rings is 1. The molecule has 1 aliphatic heterocycles. The number of aromatic nitrogens is 1. The highest BCUT2D eigenvalue weighted by Gasteiger charge is 2.23. The Labute approximate surface area is 91.3 Å². The summed E-state index contributed by atoms with van der Waals surface area (Å²) in [5.74, 6) is 0.838. The Hall–Kier alpha value is -1.25. The van der Waals surface area contributed by atoms with E-state index in [1.54, 1.807) is 6.20 Å². The third kappa shape index (κ3) is 2.22. The SMILES string of the molecule is CC1CCN(c2cncc(N)c2)C(C)C1. The molecule has 3 heteroatoms. The second-order valence-electron chi connectivity index (χ2n) is 4.65. The first-order chi connectivity index (χ1) is 7.16. The predicted molar refractivity (Wildman–Crippen MR) is 63.9 cm³/mol. The molecule has 0 amide bonds. The summed E-state index contributed by atoms with van der Waals surface area (Å²) in [5.41, 5.74) is 7.66. The minimum Gasteiger partial charge on any atom is -0.397 e. The van der Waals surface area contributed by atoms with Gasteiger partial charge in [-0.3, -0.25) is 4.98 Å². The Bertz CT molecular complexity index is 337. The zero-order chi connectivity index (χ0) is 10.8. The second kappa shape index (κ2) is 4.09. The average Bonchev–Trinajstić information content (AvgIpc) is 2.17. The topological polar surface area (TPSA) is 42.2 Å². The van der Waals surface area contributed by atoms with Gasteiger partial charge in [0.1, 0.15) is 0 Å². The number of nitrogens with two attached hydrogens (primary N) is 1. The largest absolute Gasteiger partial charge is 0.397 e. The lowest BCUT2D eigenvalue weighted by molar-refractivity contribution is 0.378. The van der Waals surface area contributed by atoms with Crippen LogP contribution in [0.15, 0.2) is 18.5 Å². The maximum atomic E-state index is 5.75. The van der Waals surface area contributed by atoms with Crippen LogP contribution in [0.3, 0.4) is 0 Å². The molecule has 0 aliphatic carbocycles. The standard InChI is InChI=1S/C12H19N3/c1-9-3-4-15(10(2)5-9)12-6-11(13)7-14-8-12/h6-10H,3-5,13H2,1-2H3. The minimum atomic E-state index is 0.595. The lowest BCUT2D eigenvalue weighted by Crippen LogP contribution is -2.40. The summed E-state index contributed by atoms with van der Waals surface area (Å²) in [4.78, 5) is 6.55. The molecule has 0 spiro atoms. The number of nitrogens with zero attached hydrogens (tertiary/aromatic N) is 2. The van der Waals surface area contributed by atoms with Gasteiger partial charge in [-0.15, -0.1) is 0 Å². The Morgan fingerprint density at radius 3 is 2.87 bits per heavy atom. The smallest absolute Gasteiger partial charge is 0.0575 e. The molecule has 15 heavy (non-hydrogen) atoms. The first kappa shape index (κ1) is 10.3. The van der Waals surface area contributed by atoms with Gasteiger partial charge >= 0.3 is 0 Å². The number of nitrogen functional groups attached to an aromatic ring is 1. The highest BCUT2D eigenvalue weighted by Crippen LogP contribution is 2.27. The zero-order valence-electron chi connectivity index (χ0n) is 9.48. The van der Waals surface area contributed by atoms with Crippen LogP contribution < -0.4 is 10.6 Å². The highest BCUT2D eigenvalue weighted by molar-refractivity contribution is 5.54. The summed E-state index contributed by atoms with van der Waals surface area (Å²) in [7, 11) is 0. The number of hydrogen-bond donors (Lipinski definition) is 1. The van der Waals surface area contributed by atoms with Crippen LogP contribution in [0.4, 0.5) is 11.4 Å². The van der Waals surface area contributed by atoms with Gasteiger partial charge in [0.05, 0.1) is 17.6 Å². The molecule has 0 radical (unpaired) electrons. The molecule has 1 fully saturated rings. The Morgan fingerprint density at radius 1 is 1.40 bits per heavy atom. The van der Waals surface area contributed by atoms with Crippen molar-refractivity contribution >= 4 is 11.4 Å².